The molecule has 3 N–H and O–H groups in total. The van der Waals surface area contributed by atoms with Crippen molar-refractivity contribution in [3.63, 3.8) is 0 Å². The zero-order valence-corrected chi connectivity index (χ0v) is 21.0. The average Bonchev–Trinajstić information content (AvgIpc) is 2.89. The van der Waals surface area contributed by atoms with Gasteiger partial charge in [0.15, 0.2) is 18.1 Å². The first-order valence-corrected chi connectivity index (χ1v) is 11.8. The molecule has 3 aromatic rings. The van der Waals surface area contributed by atoms with Gasteiger partial charge in [0.2, 0.25) is 0 Å². The van der Waals surface area contributed by atoms with E-state index in [1.807, 2.05) is 69.3 Å². The maximum absolute atomic E-state index is 12.4. The molecule has 0 atom stereocenters. The van der Waals surface area contributed by atoms with E-state index >= 15 is 0 Å². The number of carbonyl (C=O) groups excluding carboxylic acids is 3. The molecule has 0 bridgehead atoms. The number of rotatable bonds is 10. The SMILES string of the molecule is CCOc1cc(/C=N\NC(=O)C(=O)NCc2ccccc2)ccc1OCC(=O)Nc1ccc(C)cc1C. The minimum Gasteiger partial charge on any atom is -0.490 e. The Labute approximate surface area is 215 Å². The lowest BCUT2D eigenvalue weighted by atomic mass is 10.1. The number of ether oxygens (including phenoxy) is 2. The van der Waals surface area contributed by atoms with Gasteiger partial charge in [-0.3, -0.25) is 14.4 Å². The molecule has 0 aliphatic heterocycles. The van der Waals surface area contributed by atoms with E-state index < -0.39 is 11.8 Å². The third kappa shape index (κ3) is 8.50. The topological polar surface area (TPSA) is 118 Å². The van der Waals surface area contributed by atoms with E-state index in [9.17, 15) is 14.4 Å². The van der Waals surface area contributed by atoms with Gasteiger partial charge in [0, 0.05) is 12.2 Å². The van der Waals surface area contributed by atoms with E-state index in [0.29, 0.717) is 23.7 Å². The number of amides is 3. The first-order valence-electron chi connectivity index (χ1n) is 11.8. The van der Waals surface area contributed by atoms with Crippen LogP contribution in [0.3, 0.4) is 0 Å². The van der Waals surface area contributed by atoms with Crippen LogP contribution in [-0.4, -0.2) is 37.1 Å². The number of hydrogen-bond acceptors (Lipinski definition) is 6. The smallest absolute Gasteiger partial charge is 0.329 e. The lowest BCUT2D eigenvalue weighted by molar-refractivity contribution is -0.139. The Morgan fingerprint density at radius 1 is 0.892 bits per heavy atom. The molecule has 0 aromatic heterocycles. The number of benzene rings is 3. The molecule has 0 heterocycles. The van der Waals surface area contributed by atoms with Crippen LogP contribution < -0.4 is 25.5 Å². The molecule has 3 amide bonds. The standard InChI is InChI=1S/C28H30N4O5/c1-4-36-25-15-22(17-30-32-28(35)27(34)29-16-21-8-6-5-7-9-21)11-13-24(25)37-18-26(33)31-23-12-10-19(2)14-20(23)3/h5-15,17H,4,16,18H2,1-3H3,(H,29,34)(H,31,33)(H,32,35)/b30-17-. The van der Waals surface area contributed by atoms with E-state index in [4.69, 9.17) is 9.47 Å². The molecule has 3 aromatic carbocycles. The van der Waals surface area contributed by atoms with E-state index in [1.165, 1.54) is 6.21 Å². The first-order chi connectivity index (χ1) is 17.9. The highest BCUT2D eigenvalue weighted by atomic mass is 16.5. The van der Waals surface area contributed by atoms with Crippen molar-refractivity contribution in [2.24, 2.45) is 5.10 Å². The number of anilines is 1. The number of carbonyl (C=O) groups is 3. The van der Waals surface area contributed by atoms with E-state index in [-0.39, 0.29) is 19.1 Å². The first kappa shape index (κ1) is 26.9. The van der Waals surface area contributed by atoms with Gasteiger partial charge in [-0.15, -0.1) is 0 Å². The minimum absolute atomic E-state index is 0.199. The summed E-state index contributed by atoms with van der Waals surface area (Å²) in [6, 6.07) is 20.0. The summed E-state index contributed by atoms with van der Waals surface area (Å²) in [4.78, 5) is 36.3. The normalized spacial score (nSPS) is 10.6. The van der Waals surface area contributed by atoms with E-state index in [1.54, 1.807) is 18.2 Å². The number of hydrogen-bond donors (Lipinski definition) is 3. The third-order valence-electron chi connectivity index (χ3n) is 5.16. The van der Waals surface area contributed by atoms with Crippen molar-refractivity contribution < 1.29 is 23.9 Å². The molecule has 0 saturated heterocycles. The van der Waals surface area contributed by atoms with Gasteiger partial charge in [0.05, 0.1) is 12.8 Å². The monoisotopic (exact) mass is 502 g/mol. The summed E-state index contributed by atoms with van der Waals surface area (Å²) in [7, 11) is 0. The lowest BCUT2D eigenvalue weighted by Gasteiger charge is -2.13. The fourth-order valence-electron chi connectivity index (χ4n) is 3.35. The second-order valence-corrected chi connectivity index (χ2v) is 8.16. The van der Waals surface area contributed by atoms with Crippen molar-refractivity contribution in [1.29, 1.82) is 0 Å². The molecule has 9 nitrogen and oxygen atoms in total. The summed E-state index contributed by atoms with van der Waals surface area (Å²) in [5, 5.41) is 9.21. The van der Waals surface area contributed by atoms with E-state index in [2.05, 4.69) is 21.2 Å². The van der Waals surface area contributed by atoms with Gasteiger partial charge in [-0.2, -0.15) is 5.10 Å². The molecule has 0 aliphatic rings. The molecular weight excluding hydrogens is 472 g/mol. The van der Waals surface area contributed by atoms with Crippen LogP contribution in [0, 0.1) is 13.8 Å². The molecule has 9 heteroatoms. The Morgan fingerprint density at radius 3 is 2.41 bits per heavy atom. The number of nitrogens with one attached hydrogen (secondary N) is 3. The van der Waals surface area contributed by atoms with Crippen molar-refractivity contribution in [2.45, 2.75) is 27.3 Å². The van der Waals surface area contributed by atoms with Gasteiger partial charge in [0.1, 0.15) is 0 Å². The van der Waals surface area contributed by atoms with E-state index in [0.717, 1.165) is 22.4 Å². The van der Waals surface area contributed by atoms with Crippen LogP contribution in [0.5, 0.6) is 11.5 Å². The van der Waals surface area contributed by atoms with Gasteiger partial charge in [-0.05, 0) is 61.7 Å². The maximum Gasteiger partial charge on any atom is 0.329 e. The molecule has 37 heavy (non-hydrogen) atoms. The predicted molar refractivity (Wildman–Crippen MR) is 142 cm³/mol. The summed E-state index contributed by atoms with van der Waals surface area (Å²) >= 11 is 0. The van der Waals surface area contributed by atoms with Crippen molar-refractivity contribution >= 4 is 29.6 Å². The van der Waals surface area contributed by atoms with Crippen molar-refractivity contribution in [3.8, 4) is 11.5 Å². The van der Waals surface area contributed by atoms with Gasteiger partial charge in [-0.1, -0.05) is 48.0 Å². The zero-order chi connectivity index (χ0) is 26.6. The van der Waals surface area contributed by atoms with Crippen LogP contribution in [0.1, 0.15) is 29.2 Å². The second-order valence-electron chi connectivity index (χ2n) is 8.16. The largest absolute Gasteiger partial charge is 0.490 e. The highest BCUT2D eigenvalue weighted by Crippen LogP contribution is 2.28. The molecule has 192 valence electrons. The summed E-state index contributed by atoms with van der Waals surface area (Å²) < 4.78 is 11.3. The summed E-state index contributed by atoms with van der Waals surface area (Å²) in [6.07, 6.45) is 1.38. The molecule has 0 fully saturated rings. The van der Waals surface area contributed by atoms with Crippen LogP contribution in [-0.2, 0) is 20.9 Å². The highest BCUT2D eigenvalue weighted by Gasteiger charge is 2.13. The Kier molecular flexibility index (Phi) is 9.78. The maximum atomic E-state index is 12.4. The Morgan fingerprint density at radius 2 is 1.68 bits per heavy atom. The molecule has 0 saturated carbocycles. The molecule has 0 aliphatic carbocycles. The lowest BCUT2D eigenvalue weighted by Crippen LogP contribution is -2.37. The van der Waals surface area contributed by atoms with Crippen LogP contribution in [0.4, 0.5) is 5.69 Å². The van der Waals surface area contributed by atoms with Crippen molar-refractivity contribution in [3.05, 3.63) is 89.0 Å². The van der Waals surface area contributed by atoms with Crippen molar-refractivity contribution in [2.75, 3.05) is 18.5 Å². The summed E-state index contributed by atoms with van der Waals surface area (Å²) in [6.45, 7) is 6.16. The summed E-state index contributed by atoms with van der Waals surface area (Å²) in [5.74, 6) is -1.17. The van der Waals surface area contributed by atoms with Crippen LogP contribution in [0.15, 0.2) is 71.8 Å². The van der Waals surface area contributed by atoms with Crippen LogP contribution >= 0.6 is 0 Å². The van der Waals surface area contributed by atoms with Gasteiger partial charge >= 0.3 is 11.8 Å². The molecule has 0 radical (unpaired) electrons. The van der Waals surface area contributed by atoms with Crippen molar-refractivity contribution in [1.82, 2.24) is 10.7 Å². The highest BCUT2D eigenvalue weighted by molar-refractivity contribution is 6.35. The number of aryl methyl sites for hydroxylation is 2. The van der Waals surface area contributed by atoms with Crippen LogP contribution in [0.2, 0.25) is 0 Å². The molecule has 0 unspecified atom stereocenters. The number of nitrogens with zero attached hydrogens (tertiary/aromatic N) is 1. The van der Waals surface area contributed by atoms with Gasteiger partial charge in [0.25, 0.3) is 5.91 Å². The molecule has 0 spiro atoms. The molecular formula is C28H30N4O5. The Balaban J connectivity index is 1.53. The predicted octanol–water partition coefficient (Wildman–Crippen LogP) is 3.49. The average molecular weight is 503 g/mol. The van der Waals surface area contributed by atoms with Gasteiger partial charge in [-0.25, -0.2) is 5.43 Å². The second kappa shape index (κ2) is 13.4. The number of hydrazone groups is 1. The Bertz CT molecular complexity index is 1270. The fraction of sp³-hybridized carbons (Fsp3) is 0.214. The van der Waals surface area contributed by atoms with Crippen LogP contribution in [0.25, 0.3) is 0 Å². The summed E-state index contributed by atoms with van der Waals surface area (Å²) in [5.41, 5.74) is 6.48. The quantitative estimate of drug-likeness (QED) is 0.223. The fourth-order valence-corrected chi connectivity index (χ4v) is 3.35. The minimum atomic E-state index is -0.882. The Hall–Kier alpha value is -4.66. The van der Waals surface area contributed by atoms with Gasteiger partial charge < -0.3 is 20.1 Å². The molecule has 3 rings (SSSR count). The zero-order valence-electron chi connectivity index (χ0n) is 21.0. The third-order valence-corrected chi connectivity index (χ3v) is 5.16.